The summed E-state index contributed by atoms with van der Waals surface area (Å²) >= 11 is 1.46. The van der Waals surface area contributed by atoms with Crippen molar-refractivity contribution in [3.63, 3.8) is 0 Å². The molecule has 0 unspecified atom stereocenters. The first-order valence-corrected chi connectivity index (χ1v) is 13.0. The molecule has 1 amide bonds. The van der Waals surface area contributed by atoms with Crippen LogP contribution >= 0.6 is 11.8 Å². The number of benzene rings is 3. The molecule has 1 heterocycles. The minimum Gasteiger partial charge on any atom is -0.496 e. The monoisotopic (exact) mass is 478 g/mol. The van der Waals surface area contributed by atoms with Crippen LogP contribution in [0, 0.1) is 11.3 Å². The summed E-state index contributed by atoms with van der Waals surface area (Å²) in [5.41, 5.74) is 2.22. The molecule has 0 N–H and O–H groups in total. The van der Waals surface area contributed by atoms with Crippen molar-refractivity contribution in [1.82, 2.24) is 0 Å². The van der Waals surface area contributed by atoms with Gasteiger partial charge < -0.3 is 9.64 Å². The lowest BCUT2D eigenvalue weighted by Crippen LogP contribution is -2.24. The molecule has 0 saturated carbocycles. The van der Waals surface area contributed by atoms with E-state index in [1.54, 1.807) is 30.2 Å². The van der Waals surface area contributed by atoms with Crippen molar-refractivity contribution in [2.45, 2.75) is 27.0 Å². The van der Waals surface area contributed by atoms with Crippen LogP contribution in [0.25, 0.3) is 0 Å². The largest absolute Gasteiger partial charge is 0.496 e. The number of rotatable bonds is 6. The lowest BCUT2D eigenvalue weighted by molar-refractivity contribution is -0.117. The highest BCUT2D eigenvalue weighted by Gasteiger charge is 2.32. The molecular formula is C25H22N2O4S2. The van der Waals surface area contributed by atoms with Crippen LogP contribution in [-0.2, 0) is 14.6 Å². The van der Waals surface area contributed by atoms with Gasteiger partial charge in [0.25, 0.3) is 0 Å². The van der Waals surface area contributed by atoms with Crippen LogP contribution in [0.1, 0.15) is 23.5 Å². The van der Waals surface area contributed by atoms with Crippen LogP contribution in [0.4, 0.5) is 5.69 Å². The molecule has 8 heteroatoms. The molecule has 3 aromatic rings. The maximum Gasteiger partial charge on any atom is 0.227 e. The van der Waals surface area contributed by atoms with Gasteiger partial charge in [0, 0.05) is 35.7 Å². The summed E-state index contributed by atoms with van der Waals surface area (Å²) in [4.78, 5) is 16.4. The second-order valence-corrected chi connectivity index (χ2v) is 10.9. The molecule has 0 radical (unpaired) electrons. The van der Waals surface area contributed by atoms with E-state index < -0.39 is 9.84 Å². The summed E-state index contributed by atoms with van der Waals surface area (Å²) < 4.78 is 28.9. The fourth-order valence-electron chi connectivity index (χ4n) is 3.84. The van der Waals surface area contributed by atoms with E-state index in [9.17, 15) is 18.5 Å². The van der Waals surface area contributed by atoms with E-state index in [0.717, 1.165) is 27.4 Å². The summed E-state index contributed by atoms with van der Waals surface area (Å²) in [5, 5.41) is 9.59. The Morgan fingerprint density at radius 1 is 1.06 bits per heavy atom. The van der Waals surface area contributed by atoms with Crippen LogP contribution in [0.2, 0.25) is 0 Å². The Labute approximate surface area is 197 Å². The fourth-order valence-corrected chi connectivity index (χ4v) is 5.53. The van der Waals surface area contributed by atoms with E-state index in [4.69, 9.17) is 4.74 Å². The minimum atomic E-state index is -3.29. The molecule has 0 spiro atoms. The molecule has 1 aliphatic rings. The predicted molar refractivity (Wildman–Crippen MR) is 128 cm³/mol. The van der Waals surface area contributed by atoms with E-state index in [1.807, 2.05) is 36.4 Å². The molecular weight excluding hydrogens is 456 g/mol. The molecule has 0 bridgehead atoms. The zero-order valence-corrected chi connectivity index (χ0v) is 19.8. The van der Waals surface area contributed by atoms with E-state index in [1.165, 1.54) is 23.9 Å². The van der Waals surface area contributed by atoms with Crippen LogP contribution < -0.4 is 9.64 Å². The first-order valence-electron chi connectivity index (χ1n) is 10.3. The van der Waals surface area contributed by atoms with Gasteiger partial charge >= 0.3 is 0 Å². The number of para-hydroxylation sites is 1. The van der Waals surface area contributed by atoms with Gasteiger partial charge in [-0.05, 0) is 54.1 Å². The van der Waals surface area contributed by atoms with Gasteiger partial charge in [-0.15, -0.1) is 0 Å². The Morgan fingerprint density at radius 3 is 2.45 bits per heavy atom. The van der Waals surface area contributed by atoms with E-state index in [0.29, 0.717) is 24.2 Å². The van der Waals surface area contributed by atoms with E-state index in [-0.39, 0.29) is 16.7 Å². The Bertz CT molecular complexity index is 1350. The molecule has 6 nitrogen and oxygen atoms in total. The summed E-state index contributed by atoms with van der Waals surface area (Å²) in [7, 11) is -1.68. The van der Waals surface area contributed by atoms with Gasteiger partial charge in [-0.3, -0.25) is 4.79 Å². The number of methoxy groups -OCH3 is 1. The number of nitriles is 1. The highest BCUT2D eigenvalue weighted by atomic mass is 32.2. The van der Waals surface area contributed by atoms with Gasteiger partial charge in [0.2, 0.25) is 5.91 Å². The number of sulfone groups is 1. The average molecular weight is 479 g/mol. The Balaban J connectivity index is 1.59. The molecule has 3 aromatic carbocycles. The Morgan fingerprint density at radius 2 is 1.79 bits per heavy atom. The predicted octanol–water partition coefficient (Wildman–Crippen LogP) is 4.64. The molecule has 0 aliphatic carbocycles. The summed E-state index contributed by atoms with van der Waals surface area (Å²) in [6.07, 6.45) is 1.50. The summed E-state index contributed by atoms with van der Waals surface area (Å²) in [5.74, 6) is 0.684. The Hall–Kier alpha value is -3.28. The zero-order valence-electron chi connectivity index (χ0n) is 18.2. The van der Waals surface area contributed by atoms with Crippen molar-refractivity contribution in [1.29, 1.82) is 5.26 Å². The molecule has 1 fully saturated rings. The van der Waals surface area contributed by atoms with E-state index in [2.05, 4.69) is 6.07 Å². The third-order valence-electron chi connectivity index (χ3n) is 5.59. The number of anilines is 1. The van der Waals surface area contributed by atoms with Crippen molar-refractivity contribution in [3.8, 4) is 11.8 Å². The number of carbonyl (C=O) groups excluding carboxylic acids is 1. The third kappa shape index (κ3) is 4.90. The molecule has 33 heavy (non-hydrogen) atoms. The fraction of sp³-hybridized carbons (Fsp3) is 0.200. The summed E-state index contributed by atoms with van der Waals surface area (Å²) in [6.45, 7) is 0.488. The van der Waals surface area contributed by atoms with Crippen molar-refractivity contribution >= 4 is 33.2 Å². The standard InChI is InChI=1S/C25H22N2O4S2/c1-31-22-5-3-4-6-23(22)32-24-13-17(7-8-18(24)15-26)19-14-25(28)27(16-19)20-9-11-21(12-10-20)33(2,29)30/h3-13,19H,14,16H2,1-2H3/t19-/m0/s1. The van der Waals surface area contributed by atoms with Crippen molar-refractivity contribution in [3.05, 3.63) is 77.9 Å². The highest BCUT2D eigenvalue weighted by Crippen LogP contribution is 2.39. The van der Waals surface area contributed by atoms with Gasteiger partial charge in [0.05, 0.1) is 22.5 Å². The van der Waals surface area contributed by atoms with Crippen molar-refractivity contribution in [2.24, 2.45) is 0 Å². The number of carbonyl (C=O) groups is 1. The highest BCUT2D eigenvalue weighted by molar-refractivity contribution is 7.99. The van der Waals surface area contributed by atoms with Crippen LogP contribution in [0.3, 0.4) is 0 Å². The average Bonchev–Trinajstić information content (AvgIpc) is 3.20. The molecule has 1 atom stereocenters. The maximum absolute atomic E-state index is 12.8. The topological polar surface area (TPSA) is 87.5 Å². The molecule has 4 rings (SSSR count). The lowest BCUT2D eigenvalue weighted by Gasteiger charge is -2.18. The lowest BCUT2D eigenvalue weighted by atomic mass is 9.97. The van der Waals surface area contributed by atoms with Crippen molar-refractivity contribution < 1.29 is 17.9 Å². The molecule has 168 valence electrons. The number of hydrogen-bond donors (Lipinski definition) is 0. The minimum absolute atomic E-state index is 0.0182. The number of nitrogens with zero attached hydrogens (tertiary/aromatic N) is 2. The molecule has 1 aliphatic heterocycles. The number of amides is 1. The zero-order chi connectivity index (χ0) is 23.6. The SMILES string of the molecule is COc1ccccc1Sc1cc([C@H]2CC(=O)N(c3ccc(S(C)(=O)=O)cc3)C2)ccc1C#N. The van der Waals surface area contributed by atoms with Crippen LogP contribution in [-0.4, -0.2) is 34.2 Å². The molecule has 0 aromatic heterocycles. The van der Waals surface area contributed by atoms with Crippen molar-refractivity contribution in [2.75, 3.05) is 24.8 Å². The number of ether oxygens (including phenoxy) is 1. The van der Waals surface area contributed by atoms with Gasteiger partial charge in [-0.1, -0.05) is 30.0 Å². The normalized spacial score (nSPS) is 16.0. The smallest absolute Gasteiger partial charge is 0.227 e. The summed E-state index contributed by atoms with van der Waals surface area (Å²) in [6, 6.07) is 21.9. The third-order valence-corrected chi connectivity index (χ3v) is 7.83. The van der Waals surface area contributed by atoms with Crippen LogP contribution in [0.15, 0.2) is 81.4 Å². The molecule has 1 saturated heterocycles. The second-order valence-electron chi connectivity index (χ2n) is 7.79. The van der Waals surface area contributed by atoms with Crippen LogP contribution in [0.5, 0.6) is 5.75 Å². The van der Waals surface area contributed by atoms with Gasteiger partial charge in [-0.25, -0.2) is 8.42 Å². The maximum atomic E-state index is 12.8. The Kier molecular flexibility index (Phi) is 6.45. The quantitative estimate of drug-likeness (QED) is 0.513. The van der Waals surface area contributed by atoms with Gasteiger partial charge in [0.1, 0.15) is 11.8 Å². The van der Waals surface area contributed by atoms with Gasteiger partial charge in [0.15, 0.2) is 9.84 Å². The first-order chi connectivity index (χ1) is 15.8. The second kappa shape index (κ2) is 9.30. The number of hydrogen-bond acceptors (Lipinski definition) is 6. The van der Waals surface area contributed by atoms with E-state index >= 15 is 0 Å². The first kappa shape index (κ1) is 22.9. The van der Waals surface area contributed by atoms with Gasteiger partial charge in [-0.2, -0.15) is 5.26 Å².